The van der Waals surface area contributed by atoms with Crippen LogP contribution in [0.4, 0.5) is 4.39 Å². The minimum absolute atomic E-state index is 0.0129. The number of rotatable bonds is 3. The summed E-state index contributed by atoms with van der Waals surface area (Å²) in [6.45, 7) is -0.653. The van der Waals surface area contributed by atoms with Gasteiger partial charge in [0.15, 0.2) is 5.78 Å². The molecule has 0 radical (unpaired) electrons. The van der Waals surface area contributed by atoms with Crippen molar-refractivity contribution in [3.05, 3.63) is 65.5 Å². The number of ketones is 1. The predicted octanol–water partition coefficient (Wildman–Crippen LogP) is 1.85. The van der Waals surface area contributed by atoms with E-state index in [1.807, 2.05) is 0 Å². The molecule has 0 saturated heterocycles. The number of hydrogen-bond acceptors (Lipinski definition) is 4. The van der Waals surface area contributed by atoms with E-state index in [1.165, 1.54) is 36.4 Å². The van der Waals surface area contributed by atoms with Crippen LogP contribution in [-0.2, 0) is 10.0 Å². The van der Waals surface area contributed by atoms with E-state index in [0.29, 0.717) is 4.31 Å². The fourth-order valence-corrected chi connectivity index (χ4v) is 3.80. The number of amides is 1. The molecule has 22 heavy (non-hydrogen) atoms. The lowest BCUT2D eigenvalue weighted by molar-refractivity contribution is 0.0820. The molecular weight excluding hydrogens is 309 g/mol. The molecule has 0 fully saturated rings. The van der Waals surface area contributed by atoms with E-state index in [2.05, 4.69) is 0 Å². The predicted molar refractivity (Wildman–Crippen MR) is 75.4 cm³/mol. The summed E-state index contributed by atoms with van der Waals surface area (Å²) >= 11 is 0. The molecule has 0 N–H and O–H groups in total. The Balaban J connectivity index is 1.94. The Morgan fingerprint density at radius 1 is 1.09 bits per heavy atom. The molecular formula is C15H10FNO4S. The van der Waals surface area contributed by atoms with Gasteiger partial charge in [-0.2, -0.15) is 0 Å². The number of sulfonamides is 1. The summed E-state index contributed by atoms with van der Waals surface area (Å²) in [5.41, 5.74) is 0.0495. The minimum Gasteiger partial charge on any atom is -0.292 e. The van der Waals surface area contributed by atoms with Crippen molar-refractivity contribution in [2.24, 2.45) is 0 Å². The van der Waals surface area contributed by atoms with Crippen LogP contribution in [0.5, 0.6) is 0 Å². The van der Waals surface area contributed by atoms with Crippen LogP contribution >= 0.6 is 0 Å². The molecule has 0 aromatic heterocycles. The molecule has 112 valence electrons. The van der Waals surface area contributed by atoms with Crippen molar-refractivity contribution < 1.29 is 22.4 Å². The summed E-state index contributed by atoms with van der Waals surface area (Å²) in [7, 11) is -4.04. The van der Waals surface area contributed by atoms with Gasteiger partial charge in [-0.1, -0.05) is 24.3 Å². The number of halogens is 1. The smallest absolute Gasteiger partial charge is 0.269 e. The molecule has 3 rings (SSSR count). The summed E-state index contributed by atoms with van der Waals surface area (Å²) in [6, 6.07) is 10.6. The van der Waals surface area contributed by atoms with Crippen LogP contribution in [0.1, 0.15) is 20.7 Å². The van der Waals surface area contributed by atoms with Gasteiger partial charge in [0.05, 0.1) is 5.56 Å². The van der Waals surface area contributed by atoms with Gasteiger partial charge in [-0.3, -0.25) is 9.59 Å². The summed E-state index contributed by atoms with van der Waals surface area (Å²) < 4.78 is 38.3. The average molecular weight is 319 g/mol. The quantitative estimate of drug-likeness (QED) is 0.810. The third-order valence-electron chi connectivity index (χ3n) is 3.35. The number of carbonyl (C=O) groups excluding carboxylic acids is 2. The van der Waals surface area contributed by atoms with Gasteiger partial charge in [-0.05, 0) is 24.3 Å². The van der Waals surface area contributed by atoms with Crippen molar-refractivity contribution >= 4 is 21.7 Å². The van der Waals surface area contributed by atoms with Crippen molar-refractivity contribution in [2.45, 2.75) is 4.90 Å². The molecule has 0 aliphatic carbocycles. The lowest BCUT2D eigenvalue weighted by atomic mass is 10.1. The van der Waals surface area contributed by atoms with E-state index in [1.54, 1.807) is 6.07 Å². The van der Waals surface area contributed by atoms with E-state index in [9.17, 15) is 22.4 Å². The monoisotopic (exact) mass is 319 g/mol. The highest BCUT2D eigenvalue weighted by molar-refractivity contribution is 7.90. The Labute approximate surface area is 126 Å². The fraction of sp³-hybridized carbons (Fsp3) is 0.0667. The highest BCUT2D eigenvalue weighted by Crippen LogP contribution is 2.29. The third kappa shape index (κ3) is 2.19. The van der Waals surface area contributed by atoms with Gasteiger partial charge in [-0.15, -0.1) is 0 Å². The van der Waals surface area contributed by atoms with Gasteiger partial charge in [0.25, 0.3) is 15.9 Å². The largest absolute Gasteiger partial charge is 0.292 e. The maximum Gasteiger partial charge on any atom is 0.269 e. The molecule has 1 amide bonds. The Hall–Kier alpha value is -2.54. The zero-order valence-corrected chi connectivity index (χ0v) is 12.0. The molecule has 0 atom stereocenters. The van der Waals surface area contributed by atoms with E-state index < -0.39 is 34.1 Å². The van der Waals surface area contributed by atoms with Crippen molar-refractivity contribution in [3.63, 3.8) is 0 Å². The van der Waals surface area contributed by atoms with Crippen LogP contribution in [0, 0.1) is 5.82 Å². The zero-order valence-electron chi connectivity index (χ0n) is 11.2. The van der Waals surface area contributed by atoms with Crippen LogP contribution in [0.25, 0.3) is 0 Å². The number of benzene rings is 2. The van der Waals surface area contributed by atoms with E-state index in [-0.39, 0.29) is 16.0 Å². The van der Waals surface area contributed by atoms with E-state index in [0.717, 1.165) is 6.07 Å². The molecule has 1 aliphatic rings. The van der Waals surface area contributed by atoms with Crippen molar-refractivity contribution in [2.75, 3.05) is 6.54 Å². The second-order valence-electron chi connectivity index (χ2n) is 4.75. The lowest BCUT2D eigenvalue weighted by Crippen LogP contribution is -2.35. The van der Waals surface area contributed by atoms with Crippen LogP contribution in [0.3, 0.4) is 0 Å². The van der Waals surface area contributed by atoms with Crippen LogP contribution in [0.2, 0.25) is 0 Å². The summed E-state index contributed by atoms with van der Waals surface area (Å²) in [4.78, 5) is 24.2. The molecule has 1 heterocycles. The van der Waals surface area contributed by atoms with Crippen LogP contribution in [0.15, 0.2) is 53.4 Å². The summed E-state index contributed by atoms with van der Waals surface area (Å²) in [6.07, 6.45) is 0. The Morgan fingerprint density at radius 2 is 1.82 bits per heavy atom. The third-order valence-corrected chi connectivity index (χ3v) is 5.13. The number of fused-ring (bicyclic) bond motifs is 1. The number of Topliss-reactive ketones (excluding diaryl/α,β-unsaturated/α-hetero) is 1. The number of hydrogen-bond donors (Lipinski definition) is 0. The van der Waals surface area contributed by atoms with Gasteiger partial charge in [0.2, 0.25) is 0 Å². The van der Waals surface area contributed by atoms with Crippen LogP contribution in [-0.4, -0.2) is 31.0 Å². The highest BCUT2D eigenvalue weighted by Gasteiger charge is 2.41. The van der Waals surface area contributed by atoms with Gasteiger partial charge < -0.3 is 0 Å². The molecule has 2 aromatic rings. The Morgan fingerprint density at radius 3 is 2.50 bits per heavy atom. The molecule has 7 heteroatoms. The first-order valence-corrected chi connectivity index (χ1v) is 7.80. The summed E-state index contributed by atoms with van der Waals surface area (Å²) in [5.74, 6) is -2.01. The molecule has 0 spiro atoms. The molecule has 5 nitrogen and oxygen atoms in total. The first kappa shape index (κ1) is 14.4. The minimum atomic E-state index is -4.04. The molecule has 0 bridgehead atoms. The number of carbonyl (C=O) groups is 2. The van der Waals surface area contributed by atoms with Crippen molar-refractivity contribution in [3.8, 4) is 0 Å². The second kappa shape index (κ2) is 5.03. The van der Waals surface area contributed by atoms with Crippen LogP contribution < -0.4 is 0 Å². The van der Waals surface area contributed by atoms with Gasteiger partial charge in [-0.25, -0.2) is 17.1 Å². The molecule has 0 unspecified atom stereocenters. The highest BCUT2D eigenvalue weighted by atomic mass is 32.2. The molecule has 2 aromatic carbocycles. The normalized spacial score (nSPS) is 15.7. The van der Waals surface area contributed by atoms with Crippen molar-refractivity contribution in [1.82, 2.24) is 4.31 Å². The SMILES string of the molecule is O=C(CN1C(=O)c2ccccc2S1(=O)=O)c1cccc(F)c1. The van der Waals surface area contributed by atoms with Gasteiger partial charge in [0.1, 0.15) is 17.3 Å². The van der Waals surface area contributed by atoms with E-state index in [4.69, 9.17) is 0 Å². The first-order chi connectivity index (χ1) is 10.4. The second-order valence-corrected chi connectivity index (χ2v) is 6.58. The lowest BCUT2D eigenvalue weighted by Gasteiger charge is -2.14. The first-order valence-electron chi connectivity index (χ1n) is 6.36. The van der Waals surface area contributed by atoms with Gasteiger partial charge >= 0.3 is 0 Å². The van der Waals surface area contributed by atoms with Crippen molar-refractivity contribution in [1.29, 1.82) is 0 Å². The topological polar surface area (TPSA) is 71.5 Å². The summed E-state index contributed by atoms with van der Waals surface area (Å²) in [5, 5.41) is 0. The van der Waals surface area contributed by atoms with Gasteiger partial charge in [0, 0.05) is 5.56 Å². The zero-order chi connectivity index (χ0) is 15.9. The number of nitrogens with zero attached hydrogens (tertiary/aromatic N) is 1. The molecule has 1 aliphatic heterocycles. The average Bonchev–Trinajstić information content (AvgIpc) is 2.69. The molecule has 0 saturated carbocycles. The standard InChI is InChI=1S/C15H10FNO4S/c16-11-5-3-4-10(8-11)13(18)9-17-15(19)12-6-1-2-7-14(12)22(17,20)21/h1-8H,9H2. The fourth-order valence-electron chi connectivity index (χ4n) is 2.27. The Bertz CT molecular complexity index is 892. The maximum absolute atomic E-state index is 13.1. The van der Waals surface area contributed by atoms with E-state index >= 15 is 0 Å². The maximum atomic E-state index is 13.1. The Kier molecular flexibility index (Phi) is 3.29.